The first-order valence-electron chi connectivity index (χ1n) is 8.40. The largest absolute Gasteiger partial charge is 0.338 e. The Hall–Kier alpha value is -0.900. The van der Waals surface area contributed by atoms with Crippen molar-refractivity contribution in [2.45, 2.75) is 63.8 Å². The lowest BCUT2D eigenvalue weighted by Crippen LogP contribution is -2.31. The predicted octanol–water partition coefficient (Wildman–Crippen LogP) is 3.42. The predicted molar refractivity (Wildman–Crippen MR) is 76.2 cm³/mol. The van der Waals surface area contributed by atoms with Crippen molar-refractivity contribution in [3.05, 3.63) is 11.7 Å². The fourth-order valence-corrected chi connectivity index (χ4v) is 4.66. The Kier molecular flexibility index (Phi) is 3.29. The van der Waals surface area contributed by atoms with Crippen molar-refractivity contribution in [1.29, 1.82) is 0 Å². The Morgan fingerprint density at radius 2 is 2.15 bits per heavy atom. The molecule has 5 unspecified atom stereocenters. The van der Waals surface area contributed by atoms with Gasteiger partial charge in [0.25, 0.3) is 0 Å². The van der Waals surface area contributed by atoms with Crippen LogP contribution < -0.4 is 5.32 Å². The third kappa shape index (κ3) is 2.18. The van der Waals surface area contributed by atoms with E-state index in [1.54, 1.807) is 0 Å². The van der Waals surface area contributed by atoms with Gasteiger partial charge >= 0.3 is 0 Å². The van der Waals surface area contributed by atoms with Crippen LogP contribution in [0.1, 0.15) is 75.5 Å². The van der Waals surface area contributed by atoms with E-state index in [1.165, 1.54) is 38.5 Å². The number of rotatable bonds is 3. The lowest BCUT2D eigenvalue weighted by Gasteiger charge is -2.27. The molecule has 2 heterocycles. The number of fused-ring (bicyclic) bond motifs is 2. The van der Waals surface area contributed by atoms with Gasteiger partial charge in [0.2, 0.25) is 5.89 Å². The molecule has 0 amide bonds. The summed E-state index contributed by atoms with van der Waals surface area (Å²) in [5, 5.41) is 7.86. The summed E-state index contributed by atoms with van der Waals surface area (Å²) in [6.45, 7) is 3.36. The molecule has 2 saturated carbocycles. The van der Waals surface area contributed by atoms with E-state index in [4.69, 9.17) is 9.51 Å². The Balaban J connectivity index is 1.48. The van der Waals surface area contributed by atoms with E-state index >= 15 is 0 Å². The summed E-state index contributed by atoms with van der Waals surface area (Å²) in [5.41, 5.74) is 0. The molecule has 4 rings (SSSR count). The minimum atomic E-state index is 0.286. The van der Waals surface area contributed by atoms with Gasteiger partial charge in [0, 0.05) is 5.92 Å². The number of hydrogen-bond donors (Lipinski definition) is 1. The molecule has 0 radical (unpaired) electrons. The third-order valence-corrected chi connectivity index (χ3v) is 5.91. The van der Waals surface area contributed by atoms with Gasteiger partial charge in [-0.15, -0.1) is 0 Å². The highest BCUT2D eigenvalue weighted by atomic mass is 16.5. The Morgan fingerprint density at radius 3 is 2.90 bits per heavy atom. The summed E-state index contributed by atoms with van der Waals surface area (Å²) >= 11 is 0. The SMILES string of the molecule is CCC1CCNC(c2nc(C3CC4CCC3C4)no2)C1. The summed E-state index contributed by atoms with van der Waals surface area (Å²) < 4.78 is 5.59. The van der Waals surface area contributed by atoms with Crippen LogP contribution in [0, 0.1) is 17.8 Å². The quantitative estimate of drug-likeness (QED) is 0.918. The number of nitrogens with zero attached hydrogens (tertiary/aromatic N) is 2. The van der Waals surface area contributed by atoms with Gasteiger partial charge in [-0.25, -0.2) is 0 Å². The van der Waals surface area contributed by atoms with Crippen molar-refractivity contribution >= 4 is 0 Å². The van der Waals surface area contributed by atoms with Gasteiger partial charge in [0.05, 0.1) is 6.04 Å². The van der Waals surface area contributed by atoms with Crippen LogP contribution in [0.25, 0.3) is 0 Å². The maximum absolute atomic E-state index is 5.59. The first kappa shape index (κ1) is 12.8. The molecule has 3 aliphatic rings. The van der Waals surface area contributed by atoms with Crippen LogP contribution in [0.3, 0.4) is 0 Å². The fraction of sp³-hybridized carbons (Fsp3) is 0.875. The Morgan fingerprint density at radius 1 is 1.20 bits per heavy atom. The molecule has 0 spiro atoms. The van der Waals surface area contributed by atoms with Gasteiger partial charge in [-0.1, -0.05) is 24.9 Å². The third-order valence-electron chi connectivity index (χ3n) is 5.91. The lowest BCUT2D eigenvalue weighted by atomic mass is 9.88. The summed E-state index contributed by atoms with van der Waals surface area (Å²) in [5.74, 6) is 4.97. The van der Waals surface area contributed by atoms with Crippen molar-refractivity contribution in [3.8, 4) is 0 Å². The van der Waals surface area contributed by atoms with Gasteiger partial charge in [-0.05, 0) is 56.4 Å². The lowest BCUT2D eigenvalue weighted by molar-refractivity contribution is 0.245. The van der Waals surface area contributed by atoms with E-state index < -0.39 is 0 Å². The Labute approximate surface area is 120 Å². The Bertz CT molecular complexity index is 472. The molecule has 1 aliphatic heterocycles. The number of piperidine rings is 1. The van der Waals surface area contributed by atoms with Gasteiger partial charge in [-0.3, -0.25) is 0 Å². The minimum Gasteiger partial charge on any atom is -0.338 e. The fourth-order valence-electron chi connectivity index (χ4n) is 4.66. The molecule has 1 N–H and O–H groups in total. The van der Waals surface area contributed by atoms with E-state index in [2.05, 4.69) is 17.4 Å². The van der Waals surface area contributed by atoms with Crippen LogP contribution in [0.5, 0.6) is 0 Å². The minimum absolute atomic E-state index is 0.286. The first-order valence-corrected chi connectivity index (χ1v) is 8.40. The molecule has 1 aromatic rings. The van der Waals surface area contributed by atoms with Gasteiger partial charge in [0.15, 0.2) is 5.82 Å². The van der Waals surface area contributed by atoms with Crippen LogP contribution >= 0.6 is 0 Å². The zero-order valence-corrected chi connectivity index (χ0v) is 12.3. The normalized spacial score (nSPS) is 40.4. The molecule has 20 heavy (non-hydrogen) atoms. The average molecular weight is 275 g/mol. The van der Waals surface area contributed by atoms with Gasteiger partial charge in [-0.2, -0.15) is 4.98 Å². The van der Waals surface area contributed by atoms with E-state index in [0.717, 1.165) is 42.4 Å². The maximum Gasteiger partial charge on any atom is 0.243 e. The highest BCUT2D eigenvalue weighted by molar-refractivity contribution is 5.07. The van der Waals surface area contributed by atoms with Crippen molar-refractivity contribution < 1.29 is 4.52 Å². The van der Waals surface area contributed by atoms with Crippen LogP contribution in [-0.4, -0.2) is 16.7 Å². The van der Waals surface area contributed by atoms with Crippen LogP contribution in [0.15, 0.2) is 4.52 Å². The first-order chi connectivity index (χ1) is 9.83. The molecule has 3 fully saturated rings. The standard InChI is InChI=1S/C16H25N3O/c1-2-10-5-6-17-14(9-10)16-18-15(19-20-16)13-8-11-3-4-12(13)7-11/h10-14,17H,2-9H2,1H3. The molecule has 4 heteroatoms. The number of nitrogens with one attached hydrogen (secondary N) is 1. The van der Waals surface area contributed by atoms with Crippen molar-refractivity contribution in [2.24, 2.45) is 17.8 Å². The second-order valence-corrected chi connectivity index (χ2v) is 7.08. The second-order valence-electron chi connectivity index (χ2n) is 7.08. The molecular formula is C16H25N3O. The molecule has 5 atom stereocenters. The molecular weight excluding hydrogens is 250 g/mol. The second kappa shape index (κ2) is 5.14. The monoisotopic (exact) mass is 275 g/mol. The zero-order valence-electron chi connectivity index (χ0n) is 12.3. The molecule has 110 valence electrons. The van der Waals surface area contributed by atoms with Crippen LogP contribution in [0.4, 0.5) is 0 Å². The molecule has 0 aromatic carbocycles. The summed E-state index contributed by atoms with van der Waals surface area (Å²) in [6.07, 6.45) is 9.17. The van der Waals surface area contributed by atoms with Crippen molar-refractivity contribution in [1.82, 2.24) is 15.5 Å². The molecule has 4 nitrogen and oxygen atoms in total. The average Bonchev–Trinajstić information content (AvgIpc) is 3.22. The molecule has 1 aromatic heterocycles. The molecule has 2 bridgehead atoms. The highest BCUT2D eigenvalue weighted by Crippen LogP contribution is 2.52. The summed E-state index contributed by atoms with van der Waals surface area (Å²) in [6, 6.07) is 0.286. The van der Waals surface area contributed by atoms with E-state index in [-0.39, 0.29) is 6.04 Å². The van der Waals surface area contributed by atoms with Crippen LogP contribution in [0.2, 0.25) is 0 Å². The van der Waals surface area contributed by atoms with Crippen molar-refractivity contribution in [2.75, 3.05) is 6.54 Å². The summed E-state index contributed by atoms with van der Waals surface area (Å²) in [4.78, 5) is 4.76. The number of aromatic nitrogens is 2. The molecule has 2 aliphatic carbocycles. The zero-order chi connectivity index (χ0) is 13.5. The topological polar surface area (TPSA) is 51.0 Å². The van der Waals surface area contributed by atoms with Crippen molar-refractivity contribution in [3.63, 3.8) is 0 Å². The summed E-state index contributed by atoms with van der Waals surface area (Å²) in [7, 11) is 0. The maximum atomic E-state index is 5.59. The smallest absolute Gasteiger partial charge is 0.243 e. The highest BCUT2D eigenvalue weighted by Gasteiger charge is 2.42. The van der Waals surface area contributed by atoms with Gasteiger partial charge < -0.3 is 9.84 Å². The van der Waals surface area contributed by atoms with Crippen LogP contribution in [-0.2, 0) is 0 Å². The van der Waals surface area contributed by atoms with E-state index in [0.29, 0.717) is 5.92 Å². The van der Waals surface area contributed by atoms with E-state index in [9.17, 15) is 0 Å². The van der Waals surface area contributed by atoms with E-state index in [1.807, 2.05) is 0 Å². The number of hydrogen-bond acceptors (Lipinski definition) is 4. The van der Waals surface area contributed by atoms with Gasteiger partial charge in [0.1, 0.15) is 0 Å². The molecule has 1 saturated heterocycles.